The smallest absolute Gasteiger partial charge is 0.332 e. The van der Waals surface area contributed by atoms with Crippen LogP contribution in [0.4, 0.5) is 0 Å². The van der Waals surface area contributed by atoms with Crippen LogP contribution >= 0.6 is 0 Å². The van der Waals surface area contributed by atoms with E-state index < -0.39 is 12.1 Å². The molecule has 0 aromatic heterocycles. The molecule has 1 rings (SSSR count). The minimum absolute atomic E-state index is 0.258. The van der Waals surface area contributed by atoms with Gasteiger partial charge in [0.25, 0.3) is 0 Å². The van der Waals surface area contributed by atoms with Gasteiger partial charge in [-0.15, -0.1) is 0 Å². The summed E-state index contributed by atoms with van der Waals surface area (Å²) in [5.41, 5.74) is 0. The quantitative estimate of drug-likeness (QED) is 0.745. The van der Waals surface area contributed by atoms with Crippen LogP contribution in [0.15, 0.2) is 0 Å². The molecule has 0 aromatic rings. The van der Waals surface area contributed by atoms with Crippen LogP contribution in [0, 0.1) is 5.92 Å². The van der Waals surface area contributed by atoms with Crippen LogP contribution in [0.1, 0.15) is 26.7 Å². The molecule has 1 aliphatic heterocycles. The molecule has 18 heavy (non-hydrogen) atoms. The van der Waals surface area contributed by atoms with E-state index in [1.165, 1.54) is 0 Å². The Morgan fingerprint density at radius 2 is 2.28 bits per heavy atom. The number of methoxy groups -OCH3 is 1. The maximum Gasteiger partial charge on any atom is 0.332 e. The van der Waals surface area contributed by atoms with Crippen LogP contribution in [0.3, 0.4) is 0 Å². The summed E-state index contributed by atoms with van der Waals surface area (Å²) in [5.74, 6) is -0.293. The fourth-order valence-electron chi connectivity index (χ4n) is 2.39. The van der Waals surface area contributed by atoms with E-state index in [9.17, 15) is 4.79 Å². The van der Waals surface area contributed by atoms with E-state index >= 15 is 0 Å². The summed E-state index contributed by atoms with van der Waals surface area (Å²) in [4.78, 5) is 13.2. The number of hydrogen-bond acceptors (Lipinski definition) is 4. The van der Waals surface area contributed by atoms with E-state index in [4.69, 9.17) is 14.6 Å². The molecule has 106 valence electrons. The highest BCUT2D eigenvalue weighted by molar-refractivity contribution is 5.72. The molecule has 0 radical (unpaired) electrons. The van der Waals surface area contributed by atoms with E-state index in [1.807, 2.05) is 6.92 Å². The van der Waals surface area contributed by atoms with E-state index in [2.05, 4.69) is 11.8 Å². The largest absolute Gasteiger partial charge is 0.479 e. The van der Waals surface area contributed by atoms with Crippen molar-refractivity contribution < 1.29 is 19.4 Å². The molecule has 1 aliphatic rings. The van der Waals surface area contributed by atoms with Crippen molar-refractivity contribution in [3.05, 3.63) is 0 Å². The predicted molar refractivity (Wildman–Crippen MR) is 68.7 cm³/mol. The Kier molecular flexibility index (Phi) is 6.60. The second-order valence-corrected chi connectivity index (χ2v) is 4.91. The lowest BCUT2D eigenvalue weighted by atomic mass is 9.95. The van der Waals surface area contributed by atoms with Crippen LogP contribution in [-0.4, -0.2) is 61.5 Å². The zero-order valence-electron chi connectivity index (χ0n) is 11.6. The van der Waals surface area contributed by atoms with Crippen molar-refractivity contribution >= 4 is 5.97 Å². The normalized spacial score (nSPS) is 27.1. The lowest BCUT2D eigenvalue weighted by Gasteiger charge is -2.36. The molecule has 0 saturated carbocycles. The topological polar surface area (TPSA) is 59.0 Å². The first-order valence-electron chi connectivity index (χ1n) is 6.68. The Balaban J connectivity index is 2.36. The number of carboxylic acids is 1. The highest BCUT2D eigenvalue weighted by Crippen LogP contribution is 2.19. The van der Waals surface area contributed by atoms with Gasteiger partial charge in [0.1, 0.15) is 0 Å². The summed E-state index contributed by atoms with van der Waals surface area (Å²) in [5, 5.41) is 9.01. The molecule has 1 heterocycles. The van der Waals surface area contributed by atoms with Crippen molar-refractivity contribution in [1.29, 1.82) is 0 Å². The minimum Gasteiger partial charge on any atom is -0.479 e. The van der Waals surface area contributed by atoms with Gasteiger partial charge >= 0.3 is 5.97 Å². The number of aliphatic carboxylic acids is 1. The van der Waals surface area contributed by atoms with Gasteiger partial charge in [-0.05, 0) is 32.2 Å². The summed E-state index contributed by atoms with van der Waals surface area (Å²) in [6.07, 6.45) is 1.21. The lowest BCUT2D eigenvalue weighted by molar-refractivity contribution is -0.150. The monoisotopic (exact) mass is 259 g/mol. The fourth-order valence-corrected chi connectivity index (χ4v) is 2.39. The number of rotatable bonds is 7. The molecule has 5 heteroatoms. The summed E-state index contributed by atoms with van der Waals surface area (Å²) in [6, 6.07) is 0. The Morgan fingerprint density at radius 3 is 2.83 bits per heavy atom. The van der Waals surface area contributed by atoms with Gasteiger partial charge in [0, 0.05) is 26.8 Å². The average Bonchev–Trinajstić information content (AvgIpc) is 2.35. The second-order valence-electron chi connectivity index (χ2n) is 4.91. The van der Waals surface area contributed by atoms with Crippen molar-refractivity contribution in [2.75, 3.05) is 33.4 Å². The molecular weight excluding hydrogens is 234 g/mol. The molecule has 1 saturated heterocycles. The van der Waals surface area contributed by atoms with Gasteiger partial charge in [-0.3, -0.25) is 0 Å². The van der Waals surface area contributed by atoms with Crippen molar-refractivity contribution in [1.82, 2.24) is 4.90 Å². The molecule has 0 aliphatic carbocycles. The summed E-state index contributed by atoms with van der Waals surface area (Å²) >= 11 is 0. The van der Waals surface area contributed by atoms with Crippen LogP contribution < -0.4 is 0 Å². The SMILES string of the molecule is CCOC(CCN1CCC(C)C(OC)C1)C(=O)O. The van der Waals surface area contributed by atoms with E-state index in [0.717, 1.165) is 26.1 Å². The molecule has 3 unspecified atom stereocenters. The maximum absolute atomic E-state index is 11.0. The van der Waals surface area contributed by atoms with Crippen LogP contribution in [-0.2, 0) is 14.3 Å². The minimum atomic E-state index is -0.870. The highest BCUT2D eigenvalue weighted by Gasteiger charge is 2.27. The average molecular weight is 259 g/mol. The Bertz CT molecular complexity index is 259. The van der Waals surface area contributed by atoms with Gasteiger partial charge in [-0.25, -0.2) is 4.79 Å². The van der Waals surface area contributed by atoms with Gasteiger partial charge in [0.15, 0.2) is 6.10 Å². The van der Waals surface area contributed by atoms with Crippen molar-refractivity contribution in [2.45, 2.75) is 38.9 Å². The molecule has 1 fully saturated rings. The molecule has 0 amide bonds. The Morgan fingerprint density at radius 1 is 1.56 bits per heavy atom. The van der Waals surface area contributed by atoms with Gasteiger partial charge in [0.2, 0.25) is 0 Å². The number of carbonyl (C=O) groups is 1. The van der Waals surface area contributed by atoms with Crippen LogP contribution in [0.2, 0.25) is 0 Å². The van der Waals surface area contributed by atoms with Crippen molar-refractivity contribution in [2.24, 2.45) is 5.92 Å². The first-order valence-corrected chi connectivity index (χ1v) is 6.68. The first kappa shape index (κ1) is 15.4. The van der Waals surface area contributed by atoms with Gasteiger partial charge in [-0.2, -0.15) is 0 Å². The number of hydrogen-bond donors (Lipinski definition) is 1. The third kappa shape index (κ3) is 4.55. The molecule has 0 aromatic carbocycles. The number of ether oxygens (including phenoxy) is 2. The summed E-state index contributed by atoms with van der Waals surface area (Å²) < 4.78 is 10.7. The third-order valence-corrected chi connectivity index (χ3v) is 3.63. The fraction of sp³-hybridized carbons (Fsp3) is 0.923. The number of likely N-dealkylation sites (tertiary alicyclic amines) is 1. The van der Waals surface area contributed by atoms with Gasteiger partial charge in [0.05, 0.1) is 6.10 Å². The van der Waals surface area contributed by atoms with Gasteiger partial charge in [-0.1, -0.05) is 6.92 Å². The van der Waals surface area contributed by atoms with E-state index in [0.29, 0.717) is 18.9 Å². The maximum atomic E-state index is 11.0. The summed E-state index contributed by atoms with van der Waals surface area (Å²) in [7, 11) is 1.74. The molecule has 3 atom stereocenters. The third-order valence-electron chi connectivity index (χ3n) is 3.63. The first-order chi connectivity index (χ1) is 8.58. The second kappa shape index (κ2) is 7.71. The van der Waals surface area contributed by atoms with Crippen molar-refractivity contribution in [3.63, 3.8) is 0 Å². The number of nitrogens with zero attached hydrogens (tertiary/aromatic N) is 1. The van der Waals surface area contributed by atoms with Crippen LogP contribution in [0.5, 0.6) is 0 Å². The van der Waals surface area contributed by atoms with E-state index in [1.54, 1.807) is 7.11 Å². The number of piperidine rings is 1. The molecular formula is C13H25NO4. The number of carboxylic acid groups (broad SMARTS) is 1. The molecule has 0 spiro atoms. The highest BCUT2D eigenvalue weighted by atomic mass is 16.5. The zero-order valence-corrected chi connectivity index (χ0v) is 11.6. The standard InChI is InChI=1S/C13H25NO4/c1-4-18-11(13(15)16)6-8-14-7-5-10(2)12(9-14)17-3/h10-12H,4-9H2,1-3H3,(H,15,16). The molecule has 1 N–H and O–H groups in total. The van der Waals surface area contributed by atoms with Gasteiger partial charge < -0.3 is 19.5 Å². The lowest BCUT2D eigenvalue weighted by Crippen LogP contribution is -2.45. The van der Waals surface area contributed by atoms with Crippen LogP contribution in [0.25, 0.3) is 0 Å². The molecule has 5 nitrogen and oxygen atoms in total. The molecule has 0 bridgehead atoms. The van der Waals surface area contributed by atoms with Crippen molar-refractivity contribution in [3.8, 4) is 0 Å². The Hall–Kier alpha value is -0.650. The zero-order chi connectivity index (χ0) is 13.5. The summed E-state index contributed by atoms with van der Waals surface area (Å²) in [6.45, 7) is 7.11. The Labute approximate surface area is 109 Å². The van der Waals surface area contributed by atoms with E-state index in [-0.39, 0.29) is 6.10 Å². The predicted octanol–water partition coefficient (Wildman–Crippen LogP) is 1.22.